The van der Waals surface area contributed by atoms with Crippen molar-refractivity contribution < 1.29 is 13.9 Å². The van der Waals surface area contributed by atoms with Crippen molar-refractivity contribution in [3.63, 3.8) is 0 Å². The second-order valence-electron chi connectivity index (χ2n) is 5.75. The highest BCUT2D eigenvalue weighted by molar-refractivity contribution is 6.30. The van der Waals surface area contributed by atoms with Crippen molar-refractivity contribution in [3.05, 3.63) is 75.7 Å². The number of hydrogen-bond acceptors (Lipinski definition) is 3. The second-order valence-corrected chi connectivity index (χ2v) is 6.19. The van der Waals surface area contributed by atoms with Gasteiger partial charge in [0.15, 0.2) is 5.43 Å². The number of aromatic nitrogens is 1. The maximum atomic E-state index is 14.3. The predicted molar refractivity (Wildman–Crippen MR) is 100 cm³/mol. The summed E-state index contributed by atoms with van der Waals surface area (Å²) in [6, 6.07) is 14.7. The zero-order valence-electron chi connectivity index (χ0n) is 13.7. The first-order chi connectivity index (χ1) is 12.5. The number of hydrogen-bond donors (Lipinski definition) is 1. The van der Waals surface area contributed by atoms with Gasteiger partial charge in [0.2, 0.25) is 0 Å². The van der Waals surface area contributed by atoms with Crippen molar-refractivity contribution in [2.24, 2.45) is 0 Å². The van der Waals surface area contributed by atoms with Crippen LogP contribution in [0.5, 0.6) is 17.2 Å². The molecule has 4 aromatic rings. The van der Waals surface area contributed by atoms with E-state index in [9.17, 15) is 9.18 Å². The summed E-state index contributed by atoms with van der Waals surface area (Å²) in [6.07, 6.45) is 0. The van der Waals surface area contributed by atoms with E-state index in [2.05, 4.69) is 4.98 Å². The number of aromatic amines is 1. The first-order valence-electron chi connectivity index (χ1n) is 7.82. The van der Waals surface area contributed by atoms with Gasteiger partial charge >= 0.3 is 0 Å². The van der Waals surface area contributed by atoms with Gasteiger partial charge in [0.1, 0.15) is 23.1 Å². The average Bonchev–Trinajstić information content (AvgIpc) is 2.63. The highest BCUT2D eigenvalue weighted by Gasteiger charge is 2.12. The lowest BCUT2D eigenvalue weighted by molar-refractivity contribution is 0.412. The Bertz CT molecular complexity index is 1190. The Hall–Kier alpha value is -3.05. The molecule has 130 valence electrons. The summed E-state index contributed by atoms with van der Waals surface area (Å²) in [6.45, 7) is 0. The second kappa shape index (κ2) is 6.35. The molecule has 0 atom stereocenters. The first kappa shape index (κ1) is 16.4. The van der Waals surface area contributed by atoms with Crippen LogP contribution in [0, 0.1) is 5.82 Å². The zero-order chi connectivity index (χ0) is 18.3. The van der Waals surface area contributed by atoms with Gasteiger partial charge in [-0.15, -0.1) is 0 Å². The molecule has 0 saturated heterocycles. The molecule has 0 saturated carbocycles. The summed E-state index contributed by atoms with van der Waals surface area (Å²) in [5.74, 6) is 0.866. The van der Waals surface area contributed by atoms with E-state index in [1.807, 2.05) is 0 Å². The molecule has 0 amide bonds. The van der Waals surface area contributed by atoms with Crippen LogP contribution in [-0.2, 0) is 0 Å². The smallest absolute Gasteiger partial charge is 0.200 e. The lowest BCUT2D eigenvalue weighted by atomic mass is 10.1. The summed E-state index contributed by atoms with van der Waals surface area (Å²) >= 11 is 5.87. The number of halogens is 2. The predicted octanol–water partition coefficient (Wildman–Crippen LogP) is 5.27. The van der Waals surface area contributed by atoms with Crippen molar-refractivity contribution in [1.29, 1.82) is 0 Å². The van der Waals surface area contributed by atoms with Crippen molar-refractivity contribution in [3.8, 4) is 17.2 Å². The largest absolute Gasteiger partial charge is 0.497 e. The van der Waals surface area contributed by atoms with E-state index in [-0.39, 0.29) is 10.8 Å². The van der Waals surface area contributed by atoms with E-state index in [0.717, 1.165) is 0 Å². The van der Waals surface area contributed by atoms with E-state index in [0.29, 0.717) is 38.7 Å². The van der Waals surface area contributed by atoms with Gasteiger partial charge in [-0.2, -0.15) is 0 Å². The summed E-state index contributed by atoms with van der Waals surface area (Å²) in [4.78, 5) is 15.7. The summed E-state index contributed by atoms with van der Waals surface area (Å²) in [5, 5.41) is 0.998. The van der Waals surface area contributed by atoms with Gasteiger partial charge in [0, 0.05) is 28.6 Å². The number of pyridine rings is 1. The van der Waals surface area contributed by atoms with Gasteiger partial charge in [0.05, 0.1) is 23.5 Å². The van der Waals surface area contributed by atoms with Gasteiger partial charge in [-0.1, -0.05) is 11.6 Å². The Labute approximate surface area is 152 Å². The Morgan fingerprint density at radius 1 is 0.923 bits per heavy atom. The van der Waals surface area contributed by atoms with Crippen LogP contribution in [0.1, 0.15) is 0 Å². The Kier molecular flexibility index (Phi) is 4.01. The van der Waals surface area contributed by atoms with Crippen molar-refractivity contribution in [2.45, 2.75) is 0 Å². The highest BCUT2D eigenvalue weighted by Crippen LogP contribution is 2.27. The molecule has 0 aliphatic carbocycles. The lowest BCUT2D eigenvalue weighted by Gasteiger charge is -2.09. The Morgan fingerprint density at radius 2 is 1.62 bits per heavy atom. The molecular weight excluding hydrogens is 357 g/mol. The molecule has 1 heterocycles. The SMILES string of the molecule is COc1cc(F)c2c(=O)c3ccc(Oc4ccc(Cl)cc4)cc3[nH]c2c1. The molecule has 1 aromatic heterocycles. The van der Waals surface area contributed by atoms with E-state index in [1.165, 1.54) is 13.2 Å². The fourth-order valence-corrected chi connectivity index (χ4v) is 2.96. The van der Waals surface area contributed by atoms with Crippen LogP contribution in [0.2, 0.25) is 5.02 Å². The third-order valence-electron chi connectivity index (χ3n) is 4.08. The van der Waals surface area contributed by atoms with Crippen LogP contribution in [0.3, 0.4) is 0 Å². The molecule has 3 aromatic carbocycles. The number of rotatable bonds is 3. The quantitative estimate of drug-likeness (QED) is 0.500. The minimum Gasteiger partial charge on any atom is -0.497 e. The normalized spacial score (nSPS) is 11.0. The van der Waals surface area contributed by atoms with Gasteiger partial charge in [0.25, 0.3) is 0 Å². The molecule has 0 fully saturated rings. The fraction of sp³-hybridized carbons (Fsp3) is 0.0500. The van der Waals surface area contributed by atoms with Crippen LogP contribution in [0.4, 0.5) is 4.39 Å². The number of fused-ring (bicyclic) bond motifs is 2. The molecule has 1 N–H and O–H groups in total. The standard InChI is InChI=1S/C20H13ClFNO3/c1-25-14-8-16(22)19-18(10-14)23-17-9-13(6-7-15(17)20(19)24)26-12-4-2-11(21)3-5-12/h2-10H,1H3,(H,23,24). The zero-order valence-corrected chi connectivity index (χ0v) is 14.4. The molecule has 6 heteroatoms. The maximum Gasteiger partial charge on any atom is 0.200 e. The number of ether oxygens (including phenoxy) is 2. The van der Waals surface area contributed by atoms with E-state index >= 15 is 0 Å². The number of nitrogens with one attached hydrogen (secondary N) is 1. The monoisotopic (exact) mass is 369 g/mol. The summed E-state index contributed by atoms with van der Waals surface area (Å²) in [7, 11) is 1.44. The summed E-state index contributed by atoms with van der Waals surface area (Å²) in [5.41, 5.74) is 0.525. The molecule has 4 rings (SSSR count). The molecule has 0 spiro atoms. The van der Waals surface area contributed by atoms with Crippen LogP contribution >= 0.6 is 11.6 Å². The van der Waals surface area contributed by atoms with Crippen LogP contribution in [0.15, 0.2) is 59.4 Å². The molecule has 4 nitrogen and oxygen atoms in total. The van der Waals surface area contributed by atoms with Gasteiger partial charge in [-0.25, -0.2) is 4.39 Å². The number of benzene rings is 3. The maximum absolute atomic E-state index is 14.3. The van der Waals surface area contributed by atoms with E-state index in [1.54, 1.807) is 48.5 Å². The molecule has 0 aliphatic rings. The van der Waals surface area contributed by atoms with Crippen molar-refractivity contribution >= 4 is 33.4 Å². The molecule has 0 unspecified atom stereocenters. The number of methoxy groups -OCH3 is 1. The third kappa shape index (κ3) is 2.86. The van der Waals surface area contributed by atoms with Gasteiger partial charge < -0.3 is 14.5 Å². The van der Waals surface area contributed by atoms with Crippen molar-refractivity contribution in [1.82, 2.24) is 4.98 Å². The lowest BCUT2D eigenvalue weighted by Crippen LogP contribution is -2.06. The molecule has 0 radical (unpaired) electrons. The van der Waals surface area contributed by atoms with Gasteiger partial charge in [-0.05, 0) is 36.4 Å². The van der Waals surface area contributed by atoms with E-state index in [4.69, 9.17) is 21.1 Å². The highest BCUT2D eigenvalue weighted by atomic mass is 35.5. The van der Waals surface area contributed by atoms with E-state index < -0.39 is 5.82 Å². The summed E-state index contributed by atoms with van der Waals surface area (Å²) < 4.78 is 25.1. The van der Waals surface area contributed by atoms with Gasteiger partial charge in [-0.3, -0.25) is 4.79 Å². The number of H-pyrrole nitrogens is 1. The minimum atomic E-state index is -0.621. The van der Waals surface area contributed by atoms with Crippen LogP contribution < -0.4 is 14.9 Å². The van der Waals surface area contributed by atoms with Crippen LogP contribution in [-0.4, -0.2) is 12.1 Å². The Balaban J connectivity index is 1.86. The Morgan fingerprint density at radius 3 is 2.35 bits per heavy atom. The topological polar surface area (TPSA) is 51.3 Å². The minimum absolute atomic E-state index is 0.00432. The third-order valence-corrected chi connectivity index (χ3v) is 4.33. The average molecular weight is 370 g/mol. The first-order valence-corrected chi connectivity index (χ1v) is 8.19. The molecular formula is C20H13ClFNO3. The molecule has 0 aliphatic heterocycles. The molecule has 26 heavy (non-hydrogen) atoms. The molecule has 0 bridgehead atoms. The van der Waals surface area contributed by atoms with Crippen molar-refractivity contribution in [2.75, 3.05) is 7.11 Å². The van der Waals surface area contributed by atoms with Crippen LogP contribution in [0.25, 0.3) is 21.8 Å². The fourth-order valence-electron chi connectivity index (χ4n) is 2.84.